The fraction of sp³-hybridized carbons (Fsp3) is 0.188. The molecule has 0 heterocycles. The van der Waals surface area contributed by atoms with Crippen LogP contribution in [0.5, 0.6) is 0 Å². The van der Waals surface area contributed by atoms with E-state index in [1.54, 1.807) is 25.1 Å². The van der Waals surface area contributed by atoms with Crippen LogP contribution in [0.25, 0.3) is 0 Å². The van der Waals surface area contributed by atoms with E-state index in [-0.39, 0.29) is 5.75 Å². The summed E-state index contributed by atoms with van der Waals surface area (Å²) in [5.74, 6) is -0.849. The maximum Gasteiger partial charge on any atom is 0.255 e. The van der Waals surface area contributed by atoms with E-state index in [0.717, 1.165) is 0 Å². The molecule has 0 radical (unpaired) electrons. The molecule has 7 heteroatoms. The molecule has 1 N–H and O–H groups in total. The molecule has 2 rings (SSSR count). The zero-order chi connectivity index (χ0) is 17.0. The van der Waals surface area contributed by atoms with Crippen molar-refractivity contribution < 1.29 is 17.6 Å². The van der Waals surface area contributed by atoms with Crippen LogP contribution in [0.1, 0.15) is 17.3 Å². The molecule has 0 aliphatic rings. The lowest BCUT2D eigenvalue weighted by Crippen LogP contribution is -2.28. The van der Waals surface area contributed by atoms with Crippen molar-refractivity contribution in [3.05, 3.63) is 59.9 Å². The fourth-order valence-corrected chi connectivity index (χ4v) is 2.78. The van der Waals surface area contributed by atoms with Gasteiger partial charge in [0.2, 0.25) is 10.0 Å². The number of anilines is 2. The van der Waals surface area contributed by atoms with Crippen molar-refractivity contribution in [3.8, 4) is 0 Å². The summed E-state index contributed by atoms with van der Waals surface area (Å²) < 4.78 is 37.9. The predicted molar refractivity (Wildman–Crippen MR) is 88.7 cm³/mol. The Morgan fingerprint density at radius 3 is 2.39 bits per heavy atom. The Morgan fingerprint density at radius 1 is 1.17 bits per heavy atom. The summed E-state index contributed by atoms with van der Waals surface area (Å²) in [5.41, 5.74) is 1.17. The number of halogens is 1. The van der Waals surface area contributed by atoms with Gasteiger partial charge in [-0.3, -0.25) is 9.10 Å². The van der Waals surface area contributed by atoms with Crippen molar-refractivity contribution >= 4 is 27.3 Å². The zero-order valence-corrected chi connectivity index (χ0v) is 13.6. The third-order valence-electron chi connectivity index (χ3n) is 3.36. The maximum atomic E-state index is 13.1. The molecule has 0 saturated carbocycles. The molecule has 122 valence electrons. The fourth-order valence-electron chi connectivity index (χ4n) is 1.95. The molecule has 23 heavy (non-hydrogen) atoms. The Labute approximate surface area is 134 Å². The average molecular weight is 336 g/mol. The van der Waals surface area contributed by atoms with Gasteiger partial charge in [-0.1, -0.05) is 6.07 Å². The van der Waals surface area contributed by atoms with Gasteiger partial charge >= 0.3 is 0 Å². The van der Waals surface area contributed by atoms with Gasteiger partial charge in [-0.25, -0.2) is 12.8 Å². The summed E-state index contributed by atoms with van der Waals surface area (Å²) in [5, 5.41) is 2.58. The lowest BCUT2D eigenvalue weighted by Gasteiger charge is -2.18. The second-order valence-corrected chi connectivity index (χ2v) is 7.17. The van der Waals surface area contributed by atoms with Gasteiger partial charge in [-0.05, 0) is 49.4 Å². The summed E-state index contributed by atoms with van der Waals surface area (Å²) in [6, 6.07) is 11.7. The number of benzene rings is 2. The molecule has 0 unspecified atom stereocenters. The Balaban J connectivity index is 2.14. The van der Waals surface area contributed by atoms with Crippen molar-refractivity contribution in [1.82, 2.24) is 0 Å². The van der Waals surface area contributed by atoms with Gasteiger partial charge in [-0.15, -0.1) is 0 Å². The van der Waals surface area contributed by atoms with Crippen LogP contribution in [0, 0.1) is 5.82 Å². The van der Waals surface area contributed by atoms with Gasteiger partial charge < -0.3 is 5.32 Å². The van der Waals surface area contributed by atoms with E-state index < -0.39 is 21.7 Å². The first kappa shape index (κ1) is 17.0. The Kier molecular flexibility index (Phi) is 5.00. The molecule has 0 fully saturated rings. The van der Waals surface area contributed by atoms with E-state index in [1.165, 1.54) is 41.7 Å². The number of amides is 1. The average Bonchev–Trinajstić information content (AvgIpc) is 2.54. The van der Waals surface area contributed by atoms with Gasteiger partial charge in [0.25, 0.3) is 5.91 Å². The highest BCUT2D eigenvalue weighted by Gasteiger charge is 2.16. The van der Waals surface area contributed by atoms with Gasteiger partial charge in [-0.2, -0.15) is 0 Å². The molecule has 0 atom stereocenters. The Bertz CT molecular complexity index is 804. The first-order valence-corrected chi connectivity index (χ1v) is 8.58. The second kappa shape index (κ2) is 6.78. The smallest absolute Gasteiger partial charge is 0.255 e. The number of rotatable bonds is 5. The van der Waals surface area contributed by atoms with Crippen molar-refractivity contribution in [2.75, 3.05) is 22.4 Å². The van der Waals surface area contributed by atoms with Gasteiger partial charge in [0, 0.05) is 18.3 Å². The zero-order valence-electron chi connectivity index (χ0n) is 12.8. The molecule has 0 spiro atoms. The van der Waals surface area contributed by atoms with Crippen LogP contribution in [0.15, 0.2) is 48.5 Å². The standard InChI is InChI=1S/C16H17FN2O3S/c1-3-23(21,22)19(2)15-9-7-12(8-10-15)16(20)18-14-6-4-5-13(17)11-14/h4-11H,3H2,1-2H3,(H,18,20). The minimum absolute atomic E-state index is 0.00862. The van der Waals surface area contributed by atoms with Gasteiger partial charge in [0.1, 0.15) is 5.82 Å². The largest absolute Gasteiger partial charge is 0.322 e. The summed E-state index contributed by atoms with van der Waals surface area (Å²) in [6.45, 7) is 1.56. The first-order valence-electron chi connectivity index (χ1n) is 6.97. The summed E-state index contributed by atoms with van der Waals surface area (Å²) >= 11 is 0. The molecule has 0 aliphatic heterocycles. The molecule has 5 nitrogen and oxygen atoms in total. The predicted octanol–water partition coefficient (Wildman–Crippen LogP) is 2.86. The lowest BCUT2D eigenvalue weighted by atomic mass is 10.2. The molecular formula is C16H17FN2O3S. The first-order chi connectivity index (χ1) is 10.8. The number of hydrogen-bond donors (Lipinski definition) is 1. The highest BCUT2D eigenvalue weighted by molar-refractivity contribution is 7.92. The summed E-state index contributed by atoms with van der Waals surface area (Å²) in [4.78, 5) is 12.1. The van der Waals surface area contributed by atoms with E-state index in [2.05, 4.69) is 5.32 Å². The van der Waals surface area contributed by atoms with Crippen molar-refractivity contribution in [1.29, 1.82) is 0 Å². The van der Waals surface area contributed by atoms with E-state index in [4.69, 9.17) is 0 Å². The van der Waals surface area contributed by atoms with Crippen molar-refractivity contribution in [2.45, 2.75) is 6.92 Å². The lowest BCUT2D eigenvalue weighted by molar-refractivity contribution is 0.102. The maximum absolute atomic E-state index is 13.1. The molecule has 0 aliphatic carbocycles. The normalized spacial score (nSPS) is 11.1. The van der Waals surface area contributed by atoms with E-state index >= 15 is 0 Å². The number of carbonyl (C=O) groups is 1. The van der Waals surface area contributed by atoms with Crippen molar-refractivity contribution in [3.63, 3.8) is 0 Å². The molecule has 0 bridgehead atoms. The number of nitrogens with one attached hydrogen (secondary N) is 1. The summed E-state index contributed by atoms with van der Waals surface area (Å²) in [7, 11) is -1.89. The van der Waals surface area contributed by atoms with Crippen LogP contribution in [0.3, 0.4) is 0 Å². The minimum atomic E-state index is -3.35. The van der Waals surface area contributed by atoms with Crippen LogP contribution < -0.4 is 9.62 Å². The molecule has 1 amide bonds. The Morgan fingerprint density at radius 2 is 1.83 bits per heavy atom. The van der Waals surface area contributed by atoms with Gasteiger partial charge in [0.05, 0.1) is 11.4 Å². The Hall–Kier alpha value is -2.41. The number of nitrogens with zero attached hydrogens (tertiary/aromatic N) is 1. The van der Waals surface area contributed by atoms with E-state index in [0.29, 0.717) is 16.9 Å². The monoisotopic (exact) mass is 336 g/mol. The molecule has 2 aromatic rings. The highest BCUT2D eigenvalue weighted by Crippen LogP contribution is 2.18. The molecular weight excluding hydrogens is 319 g/mol. The minimum Gasteiger partial charge on any atom is -0.322 e. The van der Waals surface area contributed by atoms with E-state index in [9.17, 15) is 17.6 Å². The van der Waals surface area contributed by atoms with Gasteiger partial charge in [0.15, 0.2) is 0 Å². The molecule has 2 aromatic carbocycles. The molecule has 0 saturated heterocycles. The molecule has 0 aromatic heterocycles. The number of sulfonamides is 1. The SMILES string of the molecule is CCS(=O)(=O)N(C)c1ccc(C(=O)Nc2cccc(F)c2)cc1. The van der Waals surface area contributed by atoms with Crippen LogP contribution in [-0.2, 0) is 10.0 Å². The number of hydrogen-bond acceptors (Lipinski definition) is 3. The van der Waals surface area contributed by atoms with E-state index in [1.807, 2.05) is 0 Å². The van der Waals surface area contributed by atoms with Crippen LogP contribution >= 0.6 is 0 Å². The topological polar surface area (TPSA) is 66.5 Å². The quantitative estimate of drug-likeness (QED) is 0.913. The number of carbonyl (C=O) groups excluding carboxylic acids is 1. The second-order valence-electron chi connectivity index (χ2n) is 4.88. The van der Waals surface area contributed by atoms with Crippen LogP contribution in [0.2, 0.25) is 0 Å². The van der Waals surface area contributed by atoms with Crippen LogP contribution in [-0.4, -0.2) is 27.1 Å². The highest BCUT2D eigenvalue weighted by atomic mass is 32.2. The third kappa shape index (κ3) is 4.07. The third-order valence-corrected chi connectivity index (χ3v) is 5.13. The van der Waals surface area contributed by atoms with Crippen molar-refractivity contribution in [2.24, 2.45) is 0 Å². The summed E-state index contributed by atoms with van der Waals surface area (Å²) in [6.07, 6.45) is 0. The van der Waals surface area contributed by atoms with Crippen LogP contribution in [0.4, 0.5) is 15.8 Å².